The molecule has 0 aromatic carbocycles. The first-order chi connectivity index (χ1) is 9.77. The van der Waals surface area contributed by atoms with Gasteiger partial charge in [0.25, 0.3) is 11.6 Å². The lowest BCUT2D eigenvalue weighted by atomic mass is 9.64. The minimum absolute atomic E-state index is 0.0558. The monoisotopic (exact) mass is 294 g/mol. The van der Waals surface area contributed by atoms with Gasteiger partial charge in [0.05, 0.1) is 11.0 Å². The lowest BCUT2D eigenvalue weighted by Gasteiger charge is -2.51. The van der Waals surface area contributed by atoms with Gasteiger partial charge in [-0.2, -0.15) is 0 Å². The van der Waals surface area contributed by atoms with Gasteiger partial charge in [-0.25, -0.2) is 4.98 Å². The number of hydrogen-bond donors (Lipinski definition) is 2. The van der Waals surface area contributed by atoms with E-state index in [2.05, 4.69) is 10.3 Å². The molecule has 1 amide bonds. The molecule has 1 aromatic heterocycles. The Morgan fingerprint density at radius 1 is 1.62 bits per heavy atom. The van der Waals surface area contributed by atoms with Crippen LogP contribution in [0.25, 0.3) is 0 Å². The summed E-state index contributed by atoms with van der Waals surface area (Å²) in [5.41, 5.74) is 4.84. The number of nitrogens with zero attached hydrogens (tertiary/aromatic N) is 2. The molecule has 8 heteroatoms. The molecule has 0 saturated heterocycles. The number of methoxy groups -OCH3 is 1. The molecule has 0 bridgehead atoms. The molecule has 1 fully saturated rings. The Bertz CT molecular complexity index is 588. The fourth-order valence-electron chi connectivity index (χ4n) is 2.56. The average molecular weight is 294 g/mol. The van der Waals surface area contributed by atoms with E-state index in [1.54, 1.807) is 7.11 Å². The number of hydrogen-bond acceptors (Lipinski definition) is 6. The standard InChI is InChI=1S/C13H18N4O4/c1-13(2)9(5-10(13)21-3)16-12(18)7-4-11(14)15-6-8(7)17(19)20/h4,6,9-10H,5H2,1-3H3,(H2,14,15)(H,16,18). The zero-order valence-electron chi connectivity index (χ0n) is 12.1. The second-order valence-electron chi connectivity index (χ2n) is 5.69. The van der Waals surface area contributed by atoms with Crippen molar-refractivity contribution in [1.82, 2.24) is 10.3 Å². The largest absolute Gasteiger partial charge is 0.384 e. The van der Waals surface area contributed by atoms with Gasteiger partial charge >= 0.3 is 0 Å². The number of nitro groups is 1. The Labute approximate surface area is 121 Å². The maximum absolute atomic E-state index is 12.3. The van der Waals surface area contributed by atoms with E-state index in [4.69, 9.17) is 10.5 Å². The molecular formula is C13H18N4O4. The van der Waals surface area contributed by atoms with E-state index >= 15 is 0 Å². The van der Waals surface area contributed by atoms with Crippen LogP contribution in [0.4, 0.5) is 11.5 Å². The van der Waals surface area contributed by atoms with Gasteiger partial charge in [-0.3, -0.25) is 14.9 Å². The van der Waals surface area contributed by atoms with Crippen molar-refractivity contribution in [2.24, 2.45) is 5.41 Å². The van der Waals surface area contributed by atoms with E-state index < -0.39 is 10.8 Å². The normalized spacial score (nSPS) is 23.2. The molecule has 1 aliphatic carbocycles. The molecule has 2 unspecified atom stereocenters. The van der Waals surface area contributed by atoms with Crippen LogP contribution in [0.5, 0.6) is 0 Å². The van der Waals surface area contributed by atoms with Crippen molar-refractivity contribution in [3.8, 4) is 0 Å². The summed E-state index contributed by atoms with van der Waals surface area (Å²) in [6, 6.07) is 1.11. The van der Waals surface area contributed by atoms with E-state index in [9.17, 15) is 14.9 Å². The maximum atomic E-state index is 12.3. The Balaban J connectivity index is 2.19. The van der Waals surface area contributed by atoms with Gasteiger partial charge in [0, 0.05) is 18.6 Å². The topological polar surface area (TPSA) is 120 Å². The molecular weight excluding hydrogens is 276 g/mol. The summed E-state index contributed by atoms with van der Waals surface area (Å²) in [4.78, 5) is 26.2. The van der Waals surface area contributed by atoms with Gasteiger partial charge in [-0.1, -0.05) is 13.8 Å². The van der Waals surface area contributed by atoms with Gasteiger partial charge < -0.3 is 15.8 Å². The highest BCUT2D eigenvalue weighted by Crippen LogP contribution is 2.42. The maximum Gasteiger partial charge on any atom is 0.300 e. The van der Waals surface area contributed by atoms with E-state index in [1.165, 1.54) is 6.07 Å². The Kier molecular flexibility index (Phi) is 3.82. The Morgan fingerprint density at radius 2 is 2.29 bits per heavy atom. The number of pyridine rings is 1. The van der Waals surface area contributed by atoms with E-state index in [1.807, 2.05) is 13.8 Å². The summed E-state index contributed by atoms with van der Waals surface area (Å²) < 4.78 is 5.31. The molecule has 1 saturated carbocycles. The fraction of sp³-hybridized carbons (Fsp3) is 0.538. The first kappa shape index (κ1) is 15.2. The molecule has 0 spiro atoms. The highest BCUT2D eigenvalue weighted by atomic mass is 16.6. The van der Waals surface area contributed by atoms with Crippen molar-refractivity contribution in [2.45, 2.75) is 32.4 Å². The number of carbonyl (C=O) groups is 1. The fourth-order valence-corrected chi connectivity index (χ4v) is 2.56. The predicted molar refractivity (Wildman–Crippen MR) is 75.8 cm³/mol. The Morgan fingerprint density at radius 3 is 2.81 bits per heavy atom. The summed E-state index contributed by atoms with van der Waals surface area (Å²) in [6.45, 7) is 3.95. The van der Waals surface area contributed by atoms with Crippen molar-refractivity contribution in [1.29, 1.82) is 0 Å². The van der Waals surface area contributed by atoms with Crippen molar-refractivity contribution in [3.05, 3.63) is 27.9 Å². The van der Waals surface area contributed by atoms with Crippen molar-refractivity contribution < 1.29 is 14.5 Å². The molecule has 0 aliphatic heterocycles. The first-order valence-electron chi connectivity index (χ1n) is 6.51. The number of nitrogens with one attached hydrogen (secondary N) is 1. The highest BCUT2D eigenvalue weighted by molar-refractivity contribution is 5.98. The van der Waals surface area contributed by atoms with Crippen LogP contribution in [0.2, 0.25) is 0 Å². The zero-order valence-corrected chi connectivity index (χ0v) is 12.1. The number of nitrogen functional groups attached to an aromatic ring is 1. The Hall–Kier alpha value is -2.22. The number of carbonyl (C=O) groups excluding carboxylic acids is 1. The number of anilines is 1. The lowest BCUT2D eigenvalue weighted by Crippen LogP contribution is -2.61. The van der Waals surface area contributed by atoms with E-state index in [-0.39, 0.29) is 34.6 Å². The van der Waals surface area contributed by atoms with Crippen LogP contribution in [-0.2, 0) is 4.74 Å². The van der Waals surface area contributed by atoms with Gasteiger partial charge in [0.15, 0.2) is 0 Å². The van der Waals surface area contributed by atoms with Crippen LogP contribution in [-0.4, -0.2) is 35.1 Å². The molecule has 2 atom stereocenters. The van der Waals surface area contributed by atoms with Crippen LogP contribution in [0.1, 0.15) is 30.6 Å². The summed E-state index contributed by atoms with van der Waals surface area (Å²) >= 11 is 0. The highest BCUT2D eigenvalue weighted by Gasteiger charge is 2.49. The molecule has 2 rings (SSSR count). The van der Waals surface area contributed by atoms with Crippen molar-refractivity contribution >= 4 is 17.4 Å². The third-order valence-electron chi connectivity index (χ3n) is 4.11. The smallest absolute Gasteiger partial charge is 0.300 e. The molecule has 8 nitrogen and oxygen atoms in total. The number of rotatable bonds is 4. The van der Waals surface area contributed by atoms with Gasteiger partial charge in [0.2, 0.25) is 0 Å². The first-order valence-corrected chi connectivity index (χ1v) is 6.51. The number of nitrogens with two attached hydrogens (primary N) is 1. The van der Waals surface area contributed by atoms with E-state index in [0.29, 0.717) is 6.42 Å². The second kappa shape index (κ2) is 5.28. The van der Waals surface area contributed by atoms with Crippen LogP contribution < -0.4 is 11.1 Å². The van der Waals surface area contributed by atoms with Crippen LogP contribution in [0, 0.1) is 15.5 Å². The third-order valence-corrected chi connectivity index (χ3v) is 4.11. The quantitative estimate of drug-likeness (QED) is 0.634. The zero-order chi connectivity index (χ0) is 15.8. The minimum atomic E-state index is -0.648. The number of amides is 1. The van der Waals surface area contributed by atoms with Crippen molar-refractivity contribution in [3.63, 3.8) is 0 Å². The molecule has 114 valence electrons. The second-order valence-corrected chi connectivity index (χ2v) is 5.69. The SMILES string of the molecule is COC1CC(NC(=O)c2cc(N)ncc2[N+](=O)[O-])C1(C)C. The van der Waals surface area contributed by atoms with Crippen molar-refractivity contribution in [2.75, 3.05) is 12.8 Å². The molecule has 0 radical (unpaired) electrons. The summed E-state index contributed by atoms with van der Waals surface area (Å²) in [5, 5.41) is 13.8. The summed E-state index contributed by atoms with van der Waals surface area (Å²) in [6.07, 6.45) is 1.72. The summed E-state index contributed by atoms with van der Waals surface area (Å²) in [7, 11) is 1.62. The lowest BCUT2D eigenvalue weighted by molar-refractivity contribution is -0.385. The van der Waals surface area contributed by atoms with Gasteiger partial charge in [0.1, 0.15) is 17.6 Å². The van der Waals surface area contributed by atoms with Gasteiger partial charge in [-0.05, 0) is 12.5 Å². The average Bonchev–Trinajstić information content (AvgIpc) is 2.42. The summed E-state index contributed by atoms with van der Waals surface area (Å²) in [5.74, 6) is -0.461. The predicted octanol–water partition coefficient (Wildman–Crippen LogP) is 1.12. The van der Waals surface area contributed by atoms with Gasteiger partial charge in [-0.15, -0.1) is 0 Å². The van der Waals surface area contributed by atoms with Crippen LogP contribution in [0.15, 0.2) is 12.3 Å². The molecule has 1 aromatic rings. The third kappa shape index (κ3) is 2.66. The van der Waals surface area contributed by atoms with E-state index in [0.717, 1.165) is 6.20 Å². The number of aromatic nitrogens is 1. The molecule has 1 aliphatic rings. The molecule has 1 heterocycles. The number of ether oxygens (including phenoxy) is 1. The molecule has 21 heavy (non-hydrogen) atoms. The molecule has 3 N–H and O–H groups in total. The van der Waals surface area contributed by atoms with Crippen LogP contribution >= 0.6 is 0 Å². The minimum Gasteiger partial charge on any atom is -0.384 e. The van der Waals surface area contributed by atoms with Crippen LogP contribution in [0.3, 0.4) is 0 Å².